The molecular formula is C27H28N6O3. The fraction of sp³-hybridized carbons (Fsp3) is 0.259. The summed E-state index contributed by atoms with van der Waals surface area (Å²) in [6.45, 7) is 5.96. The summed E-state index contributed by atoms with van der Waals surface area (Å²) < 4.78 is 7.09. The van der Waals surface area contributed by atoms with Crippen molar-refractivity contribution in [1.82, 2.24) is 14.4 Å². The van der Waals surface area contributed by atoms with E-state index in [1.165, 1.54) is 4.90 Å². The summed E-state index contributed by atoms with van der Waals surface area (Å²) in [5.41, 5.74) is 3.37. The summed E-state index contributed by atoms with van der Waals surface area (Å²) >= 11 is 0. The van der Waals surface area contributed by atoms with Gasteiger partial charge in [0.25, 0.3) is 0 Å². The van der Waals surface area contributed by atoms with Crippen molar-refractivity contribution in [1.29, 1.82) is 5.26 Å². The number of amides is 1. The number of pyridine rings is 2. The van der Waals surface area contributed by atoms with Crippen molar-refractivity contribution in [3.63, 3.8) is 0 Å². The van der Waals surface area contributed by atoms with Crippen molar-refractivity contribution in [2.45, 2.75) is 26.8 Å². The predicted octanol–water partition coefficient (Wildman–Crippen LogP) is 5.59. The van der Waals surface area contributed by atoms with Crippen molar-refractivity contribution < 1.29 is 14.6 Å². The number of benzene rings is 1. The minimum atomic E-state index is -1.08. The van der Waals surface area contributed by atoms with Crippen molar-refractivity contribution in [2.75, 3.05) is 24.4 Å². The third-order valence-electron chi connectivity index (χ3n) is 5.97. The van der Waals surface area contributed by atoms with Crippen LogP contribution >= 0.6 is 0 Å². The summed E-state index contributed by atoms with van der Waals surface area (Å²) in [4.78, 5) is 23.1. The first-order valence-corrected chi connectivity index (χ1v) is 11.4. The highest BCUT2D eigenvalue weighted by Gasteiger charge is 2.37. The zero-order valence-corrected chi connectivity index (χ0v) is 20.9. The molecule has 3 heterocycles. The van der Waals surface area contributed by atoms with Crippen LogP contribution in [0.4, 0.5) is 16.3 Å². The van der Waals surface area contributed by atoms with E-state index in [0.717, 1.165) is 11.4 Å². The van der Waals surface area contributed by atoms with Crippen LogP contribution in [0.2, 0.25) is 0 Å². The fourth-order valence-corrected chi connectivity index (χ4v) is 4.34. The first-order valence-electron chi connectivity index (χ1n) is 11.4. The third-order valence-corrected chi connectivity index (χ3v) is 5.97. The largest absolute Gasteiger partial charge is 0.495 e. The van der Waals surface area contributed by atoms with E-state index < -0.39 is 17.6 Å². The highest BCUT2D eigenvalue weighted by atomic mass is 16.5. The summed E-state index contributed by atoms with van der Waals surface area (Å²) in [6.07, 6.45) is 2.32. The normalized spacial score (nSPS) is 12.1. The molecule has 1 atom stereocenters. The van der Waals surface area contributed by atoms with Crippen LogP contribution in [0.3, 0.4) is 0 Å². The average Bonchev–Trinajstić information content (AvgIpc) is 3.24. The maximum Gasteiger partial charge on any atom is 0.412 e. The molecule has 3 aromatic heterocycles. The standard InChI is InChI=1S/C27H28N6O3/c1-27(2,3)24(21-11-10-20(36-5)16-30-21)33(26(34)35)19-8-6-18(7-9-19)23-25(29-4)32-13-12-17(15-28)14-22(32)31-23/h6-14,16,24,29H,1-5H3,(H,34,35). The van der Waals surface area contributed by atoms with Crippen LogP contribution in [0, 0.1) is 16.7 Å². The molecule has 0 aliphatic carbocycles. The topological polar surface area (TPSA) is 116 Å². The average molecular weight is 485 g/mol. The Kier molecular flexibility index (Phi) is 6.53. The number of fused-ring (bicyclic) bond motifs is 1. The molecular weight excluding hydrogens is 456 g/mol. The van der Waals surface area contributed by atoms with E-state index in [9.17, 15) is 15.2 Å². The third kappa shape index (κ3) is 4.53. The number of nitrogens with zero attached hydrogens (tertiary/aromatic N) is 5. The first kappa shape index (κ1) is 24.5. The van der Waals surface area contributed by atoms with Crippen LogP contribution in [0.25, 0.3) is 16.9 Å². The van der Waals surface area contributed by atoms with E-state index in [1.807, 2.05) is 44.4 Å². The van der Waals surface area contributed by atoms with Gasteiger partial charge in [-0.25, -0.2) is 9.78 Å². The van der Waals surface area contributed by atoms with Gasteiger partial charge >= 0.3 is 6.09 Å². The lowest BCUT2D eigenvalue weighted by Gasteiger charge is -2.38. The molecule has 2 N–H and O–H groups in total. The highest BCUT2D eigenvalue weighted by Crippen LogP contribution is 2.41. The number of imidazole rings is 1. The minimum Gasteiger partial charge on any atom is -0.495 e. The van der Waals surface area contributed by atoms with E-state index in [-0.39, 0.29) is 0 Å². The van der Waals surface area contributed by atoms with Gasteiger partial charge in [-0.3, -0.25) is 14.3 Å². The molecule has 1 unspecified atom stereocenters. The number of hydrogen-bond acceptors (Lipinski definition) is 6. The summed E-state index contributed by atoms with van der Waals surface area (Å²) in [5.74, 6) is 1.37. The van der Waals surface area contributed by atoms with Gasteiger partial charge in [-0.1, -0.05) is 32.9 Å². The smallest absolute Gasteiger partial charge is 0.412 e. The molecule has 0 fully saturated rings. The second-order valence-corrected chi connectivity index (χ2v) is 9.41. The van der Waals surface area contributed by atoms with Gasteiger partial charge in [0.2, 0.25) is 0 Å². The van der Waals surface area contributed by atoms with E-state index in [2.05, 4.69) is 16.4 Å². The summed E-state index contributed by atoms with van der Waals surface area (Å²) in [6, 6.07) is 15.9. The lowest BCUT2D eigenvalue weighted by molar-refractivity contribution is 0.188. The number of carboxylic acid groups (broad SMARTS) is 1. The zero-order chi connectivity index (χ0) is 26.0. The summed E-state index contributed by atoms with van der Waals surface area (Å²) in [7, 11) is 3.37. The molecule has 0 saturated heterocycles. The number of nitrogens with one attached hydrogen (secondary N) is 1. The Bertz CT molecular complexity index is 1430. The number of ether oxygens (including phenoxy) is 1. The fourth-order valence-electron chi connectivity index (χ4n) is 4.34. The minimum absolute atomic E-state index is 0.446. The molecule has 4 aromatic rings. The molecule has 0 saturated carbocycles. The van der Waals surface area contributed by atoms with Crippen LogP contribution in [0.15, 0.2) is 60.9 Å². The maximum atomic E-state index is 12.5. The van der Waals surface area contributed by atoms with Gasteiger partial charge in [0.15, 0.2) is 0 Å². The second-order valence-electron chi connectivity index (χ2n) is 9.41. The van der Waals surface area contributed by atoms with Crippen molar-refractivity contribution in [2.24, 2.45) is 5.41 Å². The van der Waals surface area contributed by atoms with Crippen molar-refractivity contribution >= 4 is 23.2 Å². The second kappa shape index (κ2) is 9.58. The lowest BCUT2D eigenvalue weighted by atomic mass is 9.83. The van der Waals surface area contributed by atoms with Gasteiger partial charge < -0.3 is 15.2 Å². The molecule has 4 rings (SSSR count). The van der Waals surface area contributed by atoms with Crippen LogP contribution in [0.1, 0.15) is 38.1 Å². The monoisotopic (exact) mass is 484 g/mol. The maximum absolute atomic E-state index is 12.5. The molecule has 0 aliphatic heterocycles. The Morgan fingerprint density at radius 2 is 1.92 bits per heavy atom. The Morgan fingerprint density at radius 3 is 2.44 bits per heavy atom. The number of aromatic nitrogens is 3. The molecule has 36 heavy (non-hydrogen) atoms. The van der Waals surface area contributed by atoms with E-state index in [4.69, 9.17) is 9.72 Å². The van der Waals surface area contributed by atoms with Crippen LogP contribution in [-0.4, -0.2) is 39.7 Å². The molecule has 9 heteroatoms. The van der Waals surface area contributed by atoms with Crippen LogP contribution in [-0.2, 0) is 0 Å². The number of nitriles is 1. The zero-order valence-electron chi connectivity index (χ0n) is 20.9. The molecule has 9 nitrogen and oxygen atoms in total. The van der Waals surface area contributed by atoms with E-state index in [1.54, 1.807) is 55.9 Å². The molecule has 1 amide bonds. The number of carbonyl (C=O) groups is 1. The number of methoxy groups -OCH3 is 1. The molecule has 0 spiro atoms. The Hall–Kier alpha value is -4.58. The van der Waals surface area contributed by atoms with Crippen LogP contribution < -0.4 is 15.0 Å². The SMILES string of the molecule is CNc1c(-c2ccc(N(C(=O)O)C(c3ccc(OC)cn3)C(C)(C)C)cc2)nc2cc(C#N)ccn12. The number of anilines is 2. The number of hydrogen-bond donors (Lipinski definition) is 2. The highest BCUT2D eigenvalue weighted by molar-refractivity contribution is 5.88. The van der Waals surface area contributed by atoms with Gasteiger partial charge in [0, 0.05) is 24.5 Å². The first-order chi connectivity index (χ1) is 17.2. The van der Waals surface area contributed by atoms with E-state index in [0.29, 0.717) is 34.0 Å². The Morgan fingerprint density at radius 1 is 1.19 bits per heavy atom. The molecule has 1 aromatic carbocycles. The Labute approximate surface area is 209 Å². The predicted molar refractivity (Wildman–Crippen MR) is 138 cm³/mol. The number of rotatable bonds is 6. The molecule has 0 bridgehead atoms. The molecule has 184 valence electrons. The van der Waals surface area contributed by atoms with Gasteiger partial charge in [-0.15, -0.1) is 0 Å². The van der Waals surface area contributed by atoms with Gasteiger partial charge in [-0.05, 0) is 41.8 Å². The van der Waals surface area contributed by atoms with Gasteiger partial charge in [0.05, 0.1) is 36.7 Å². The van der Waals surface area contributed by atoms with Gasteiger partial charge in [0.1, 0.15) is 22.9 Å². The Balaban J connectivity index is 1.76. The van der Waals surface area contributed by atoms with Crippen LogP contribution in [0.5, 0.6) is 5.75 Å². The molecule has 0 radical (unpaired) electrons. The van der Waals surface area contributed by atoms with Crippen molar-refractivity contribution in [3.8, 4) is 23.1 Å². The van der Waals surface area contributed by atoms with Gasteiger partial charge in [-0.2, -0.15) is 5.26 Å². The van der Waals surface area contributed by atoms with Crippen molar-refractivity contribution in [3.05, 3.63) is 72.2 Å². The molecule has 0 aliphatic rings. The quantitative estimate of drug-likeness (QED) is 0.366. The van der Waals surface area contributed by atoms with E-state index >= 15 is 0 Å². The lowest BCUT2D eigenvalue weighted by Crippen LogP contribution is -2.41. The summed E-state index contributed by atoms with van der Waals surface area (Å²) in [5, 5.41) is 22.6.